The molecule has 0 bridgehead atoms. The summed E-state index contributed by atoms with van der Waals surface area (Å²) in [4.78, 5) is 37.2. The maximum atomic E-state index is 12.0. The Kier molecular flexibility index (Phi) is 4.11. The van der Waals surface area contributed by atoms with Gasteiger partial charge in [-0.25, -0.2) is 0 Å². The Morgan fingerprint density at radius 3 is 2.81 bits per heavy atom. The van der Waals surface area contributed by atoms with Crippen molar-refractivity contribution in [3.05, 3.63) is 23.8 Å². The van der Waals surface area contributed by atoms with Crippen LogP contribution in [0.3, 0.4) is 0 Å². The van der Waals surface area contributed by atoms with Crippen LogP contribution >= 0.6 is 0 Å². The molecule has 7 nitrogen and oxygen atoms in total. The maximum absolute atomic E-state index is 12.0. The highest BCUT2D eigenvalue weighted by molar-refractivity contribution is 6.07. The summed E-state index contributed by atoms with van der Waals surface area (Å²) in [7, 11) is 1.52. The van der Waals surface area contributed by atoms with Crippen LogP contribution in [0.4, 0.5) is 11.4 Å². The summed E-state index contributed by atoms with van der Waals surface area (Å²) < 4.78 is 0. The molecule has 1 saturated heterocycles. The van der Waals surface area contributed by atoms with Gasteiger partial charge in [0, 0.05) is 12.7 Å². The summed E-state index contributed by atoms with van der Waals surface area (Å²) in [5, 5.41) is 4.85. The molecule has 0 spiro atoms. The lowest BCUT2D eigenvalue weighted by atomic mass is 10.0. The van der Waals surface area contributed by atoms with Crippen molar-refractivity contribution in [1.82, 2.24) is 10.6 Å². The third-order valence-corrected chi connectivity index (χ3v) is 3.45. The number of hydrogen-bond donors (Lipinski definition) is 3. The molecule has 4 N–H and O–H groups in total. The summed E-state index contributed by atoms with van der Waals surface area (Å²) in [5.41, 5.74) is 7.12. The van der Waals surface area contributed by atoms with E-state index in [9.17, 15) is 14.4 Å². The molecule has 0 aliphatic carbocycles. The van der Waals surface area contributed by atoms with Crippen LogP contribution < -0.4 is 21.3 Å². The number of benzene rings is 1. The SMILES string of the molecule is CCC1C(=O)NC(=O)CN1c1cc(N)ccc1C(=O)NC. The number of rotatable bonds is 3. The van der Waals surface area contributed by atoms with Gasteiger partial charge < -0.3 is 16.0 Å². The van der Waals surface area contributed by atoms with Gasteiger partial charge in [0.05, 0.1) is 17.8 Å². The largest absolute Gasteiger partial charge is 0.399 e. The molecule has 1 atom stereocenters. The second-order valence-corrected chi connectivity index (χ2v) is 4.82. The molecule has 1 aromatic carbocycles. The monoisotopic (exact) mass is 290 g/mol. The van der Waals surface area contributed by atoms with Crippen molar-refractivity contribution >= 4 is 29.1 Å². The Labute approximate surface area is 122 Å². The molecule has 2 rings (SSSR count). The van der Waals surface area contributed by atoms with Crippen molar-refractivity contribution < 1.29 is 14.4 Å². The second-order valence-electron chi connectivity index (χ2n) is 4.82. The first-order valence-corrected chi connectivity index (χ1v) is 6.69. The van der Waals surface area contributed by atoms with Gasteiger partial charge in [0.25, 0.3) is 5.91 Å². The highest BCUT2D eigenvalue weighted by Gasteiger charge is 2.34. The van der Waals surface area contributed by atoms with Crippen molar-refractivity contribution in [1.29, 1.82) is 0 Å². The van der Waals surface area contributed by atoms with Gasteiger partial charge >= 0.3 is 0 Å². The molecular formula is C14H18N4O3. The Morgan fingerprint density at radius 2 is 2.19 bits per heavy atom. The average Bonchev–Trinajstić information content (AvgIpc) is 2.45. The Balaban J connectivity index is 2.52. The first kappa shape index (κ1) is 14.8. The van der Waals surface area contributed by atoms with Gasteiger partial charge in [0.2, 0.25) is 11.8 Å². The Hall–Kier alpha value is -2.57. The van der Waals surface area contributed by atoms with Crippen molar-refractivity contribution in [2.45, 2.75) is 19.4 Å². The summed E-state index contributed by atoms with van der Waals surface area (Å²) >= 11 is 0. The molecule has 0 radical (unpaired) electrons. The van der Waals surface area contributed by atoms with Gasteiger partial charge in [-0.1, -0.05) is 6.92 Å². The van der Waals surface area contributed by atoms with E-state index in [0.29, 0.717) is 23.4 Å². The van der Waals surface area contributed by atoms with Crippen LogP contribution in [-0.2, 0) is 9.59 Å². The topological polar surface area (TPSA) is 105 Å². The van der Waals surface area contributed by atoms with Gasteiger partial charge in [0.15, 0.2) is 0 Å². The number of piperazine rings is 1. The first-order chi connectivity index (χ1) is 9.97. The number of nitrogens with two attached hydrogens (primary N) is 1. The van der Waals surface area contributed by atoms with E-state index in [2.05, 4.69) is 10.6 Å². The van der Waals surface area contributed by atoms with Crippen molar-refractivity contribution in [2.24, 2.45) is 0 Å². The fraction of sp³-hybridized carbons (Fsp3) is 0.357. The second kappa shape index (κ2) is 5.82. The van der Waals surface area contributed by atoms with Gasteiger partial charge in [-0.05, 0) is 24.6 Å². The molecule has 21 heavy (non-hydrogen) atoms. The number of nitrogen functional groups attached to an aromatic ring is 1. The van der Waals surface area contributed by atoms with Crippen LogP contribution in [0.15, 0.2) is 18.2 Å². The molecule has 1 fully saturated rings. The Bertz CT molecular complexity index is 600. The summed E-state index contributed by atoms with van der Waals surface area (Å²) in [5.74, 6) is -1.05. The van der Waals surface area contributed by atoms with E-state index in [4.69, 9.17) is 5.73 Å². The molecule has 0 aromatic heterocycles. The molecule has 112 valence electrons. The Morgan fingerprint density at radius 1 is 1.48 bits per heavy atom. The van der Waals surface area contributed by atoms with Crippen LogP contribution in [0.5, 0.6) is 0 Å². The average molecular weight is 290 g/mol. The van der Waals surface area contributed by atoms with E-state index in [0.717, 1.165) is 0 Å². The van der Waals surface area contributed by atoms with Crippen LogP contribution in [0.2, 0.25) is 0 Å². The quantitative estimate of drug-likeness (QED) is 0.531. The van der Waals surface area contributed by atoms with Crippen LogP contribution in [0.1, 0.15) is 23.7 Å². The van der Waals surface area contributed by atoms with Gasteiger partial charge in [-0.3, -0.25) is 19.7 Å². The first-order valence-electron chi connectivity index (χ1n) is 6.69. The molecule has 1 aromatic rings. The minimum Gasteiger partial charge on any atom is -0.399 e. The van der Waals surface area contributed by atoms with E-state index in [-0.39, 0.29) is 18.4 Å². The van der Waals surface area contributed by atoms with Gasteiger partial charge in [0.1, 0.15) is 6.04 Å². The zero-order valence-corrected chi connectivity index (χ0v) is 12.0. The fourth-order valence-electron chi connectivity index (χ4n) is 2.44. The number of nitrogens with one attached hydrogen (secondary N) is 2. The number of amides is 3. The minimum absolute atomic E-state index is 0.0116. The number of carbonyl (C=O) groups excluding carboxylic acids is 3. The predicted molar refractivity (Wildman–Crippen MR) is 78.8 cm³/mol. The fourth-order valence-corrected chi connectivity index (χ4v) is 2.44. The number of carbonyl (C=O) groups is 3. The van der Waals surface area contributed by atoms with E-state index < -0.39 is 11.9 Å². The smallest absolute Gasteiger partial charge is 0.253 e. The van der Waals surface area contributed by atoms with E-state index in [1.54, 1.807) is 23.1 Å². The molecule has 7 heteroatoms. The van der Waals surface area contributed by atoms with Crippen molar-refractivity contribution in [3.63, 3.8) is 0 Å². The zero-order valence-electron chi connectivity index (χ0n) is 12.0. The molecule has 0 saturated carbocycles. The zero-order chi connectivity index (χ0) is 15.6. The number of anilines is 2. The predicted octanol–water partition coefficient (Wildman–Crippen LogP) is -0.130. The standard InChI is InChI=1S/C14H18N4O3/c1-3-10-14(21)17-12(19)7-18(10)11-6-8(15)4-5-9(11)13(20)16-2/h4-6,10H,3,7,15H2,1-2H3,(H,16,20)(H,17,19,21). The molecule has 1 aliphatic rings. The van der Waals surface area contributed by atoms with Crippen molar-refractivity contribution in [3.8, 4) is 0 Å². The summed E-state index contributed by atoms with van der Waals surface area (Å²) in [6.45, 7) is 1.86. The summed E-state index contributed by atoms with van der Waals surface area (Å²) in [6.07, 6.45) is 0.515. The minimum atomic E-state index is -0.507. The van der Waals surface area contributed by atoms with E-state index >= 15 is 0 Å². The van der Waals surface area contributed by atoms with Crippen molar-refractivity contribution in [2.75, 3.05) is 24.2 Å². The number of imide groups is 1. The number of hydrogen-bond acceptors (Lipinski definition) is 5. The maximum Gasteiger partial charge on any atom is 0.253 e. The lowest BCUT2D eigenvalue weighted by Gasteiger charge is -2.36. The van der Waals surface area contributed by atoms with Crippen LogP contribution in [-0.4, -0.2) is 37.4 Å². The molecule has 1 aliphatic heterocycles. The third-order valence-electron chi connectivity index (χ3n) is 3.45. The third kappa shape index (κ3) is 2.81. The van der Waals surface area contributed by atoms with Gasteiger partial charge in [-0.2, -0.15) is 0 Å². The van der Waals surface area contributed by atoms with E-state index in [1.165, 1.54) is 7.05 Å². The van der Waals surface area contributed by atoms with Crippen LogP contribution in [0.25, 0.3) is 0 Å². The highest BCUT2D eigenvalue weighted by Crippen LogP contribution is 2.27. The van der Waals surface area contributed by atoms with E-state index in [1.807, 2.05) is 6.92 Å². The molecule has 3 amide bonds. The number of nitrogens with zero attached hydrogens (tertiary/aromatic N) is 1. The normalized spacial score (nSPS) is 18.4. The lowest BCUT2D eigenvalue weighted by molar-refractivity contribution is -0.132. The van der Waals surface area contributed by atoms with Crippen LogP contribution in [0, 0.1) is 0 Å². The summed E-state index contributed by atoms with van der Waals surface area (Å²) in [6, 6.07) is 4.31. The van der Waals surface area contributed by atoms with Gasteiger partial charge in [-0.15, -0.1) is 0 Å². The lowest BCUT2D eigenvalue weighted by Crippen LogP contribution is -2.58. The highest BCUT2D eigenvalue weighted by atomic mass is 16.2. The molecular weight excluding hydrogens is 272 g/mol. The molecule has 1 heterocycles. The molecule has 1 unspecified atom stereocenters.